The number of fused-ring (bicyclic) bond motifs is 1. The summed E-state index contributed by atoms with van der Waals surface area (Å²) in [5, 5.41) is 1.64. The highest BCUT2D eigenvalue weighted by atomic mass is 35.5. The maximum atomic E-state index is 6.07. The highest BCUT2D eigenvalue weighted by Crippen LogP contribution is 2.34. The summed E-state index contributed by atoms with van der Waals surface area (Å²) in [6.07, 6.45) is 3.44. The maximum Gasteiger partial charge on any atom is 0.154 e. The highest BCUT2D eigenvalue weighted by Gasteiger charge is 2.13. The lowest BCUT2D eigenvalue weighted by Gasteiger charge is -1.97. The van der Waals surface area contributed by atoms with Crippen LogP contribution in [0.1, 0.15) is 16.9 Å². The van der Waals surface area contributed by atoms with Crippen molar-refractivity contribution < 1.29 is 4.42 Å². The van der Waals surface area contributed by atoms with Crippen molar-refractivity contribution in [2.75, 3.05) is 0 Å². The summed E-state index contributed by atoms with van der Waals surface area (Å²) < 4.78 is 5.63. The Morgan fingerprint density at radius 2 is 2.00 bits per heavy atom. The second-order valence-electron chi connectivity index (χ2n) is 3.36. The van der Waals surface area contributed by atoms with Crippen LogP contribution in [0.15, 0.2) is 29.7 Å². The molecule has 0 bridgehead atoms. The molecule has 0 unspecified atom stereocenters. The molecule has 1 nitrogen and oxygen atoms in total. The van der Waals surface area contributed by atoms with Crippen LogP contribution in [0.2, 0.25) is 5.02 Å². The van der Waals surface area contributed by atoms with Crippen molar-refractivity contribution in [1.29, 1.82) is 0 Å². The third-order valence-electron chi connectivity index (χ3n) is 2.45. The third kappa shape index (κ3) is 1.40. The van der Waals surface area contributed by atoms with E-state index in [1.165, 1.54) is 0 Å². The molecule has 2 aromatic rings. The smallest absolute Gasteiger partial charge is 0.154 e. The fourth-order valence-electron chi connectivity index (χ4n) is 1.73. The number of furan rings is 1. The molecule has 0 amide bonds. The number of rotatable bonds is 2. The van der Waals surface area contributed by atoms with Gasteiger partial charge in [0.1, 0.15) is 5.76 Å². The van der Waals surface area contributed by atoms with Gasteiger partial charge in [-0.3, -0.25) is 0 Å². The minimum absolute atomic E-state index is 0.617. The number of halogens is 1. The zero-order valence-corrected chi connectivity index (χ0v) is 9.27. The molecule has 0 fully saturated rings. The van der Waals surface area contributed by atoms with Crippen LogP contribution in [0.25, 0.3) is 23.1 Å². The van der Waals surface area contributed by atoms with E-state index in [4.69, 9.17) is 16.0 Å². The predicted molar refractivity (Wildman–Crippen MR) is 66.1 cm³/mol. The van der Waals surface area contributed by atoms with Gasteiger partial charge in [-0.05, 0) is 24.6 Å². The standard InChI is InChI=1S/C13H11ClO/c1-4-9-11(5-2)15-13-10(14)7-6-8(3)12(9)13/h4-7H,1-2H2,3H3. The van der Waals surface area contributed by atoms with Gasteiger partial charge in [0.25, 0.3) is 0 Å². The topological polar surface area (TPSA) is 13.1 Å². The summed E-state index contributed by atoms with van der Waals surface area (Å²) in [6.45, 7) is 9.51. The molecule has 2 rings (SSSR count). The summed E-state index contributed by atoms with van der Waals surface area (Å²) in [6, 6.07) is 3.81. The molecule has 15 heavy (non-hydrogen) atoms. The number of benzene rings is 1. The zero-order chi connectivity index (χ0) is 11.0. The van der Waals surface area contributed by atoms with Crippen LogP contribution in [0.3, 0.4) is 0 Å². The molecular weight excluding hydrogens is 208 g/mol. The summed E-state index contributed by atoms with van der Waals surface area (Å²) in [7, 11) is 0. The molecule has 76 valence electrons. The monoisotopic (exact) mass is 218 g/mol. The van der Waals surface area contributed by atoms with Crippen LogP contribution in [-0.4, -0.2) is 0 Å². The number of aryl methyl sites for hydroxylation is 1. The maximum absolute atomic E-state index is 6.07. The van der Waals surface area contributed by atoms with E-state index in [-0.39, 0.29) is 0 Å². The summed E-state index contributed by atoms with van der Waals surface area (Å²) in [5.74, 6) is 0.719. The van der Waals surface area contributed by atoms with E-state index in [1.54, 1.807) is 12.2 Å². The molecule has 0 N–H and O–H groups in total. The van der Waals surface area contributed by atoms with Crippen molar-refractivity contribution in [2.45, 2.75) is 6.92 Å². The Bertz CT molecular complexity index is 549. The Balaban J connectivity index is 3.00. The highest BCUT2D eigenvalue weighted by molar-refractivity contribution is 6.35. The Morgan fingerprint density at radius 1 is 1.27 bits per heavy atom. The summed E-state index contributed by atoms with van der Waals surface area (Å²) in [4.78, 5) is 0. The number of hydrogen-bond donors (Lipinski definition) is 0. The molecule has 0 atom stereocenters. The fraction of sp³-hybridized carbons (Fsp3) is 0.0769. The lowest BCUT2D eigenvalue weighted by atomic mass is 10.1. The molecule has 1 aromatic heterocycles. The minimum Gasteiger partial charge on any atom is -0.455 e. The average Bonchev–Trinajstić information content (AvgIpc) is 2.63. The van der Waals surface area contributed by atoms with Crippen LogP contribution in [-0.2, 0) is 0 Å². The Labute approximate surface area is 93.7 Å². The van der Waals surface area contributed by atoms with Crippen LogP contribution in [0, 0.1) is 6.92 Å². The Morgan fingerprint density at radius 3 is 2.60 bits per heavy atom. The van der Waals surface area contributed by atoms with Gasteiger partial charge >= 0.3 is 0 Å². The van der Waals surface area contributed by atoms with E-state index in [1.807, 2.05) is 19.1 Å². The van der Waals surface area contributed by atoms with Crippen molar-refractivity contribution >= 4 is 34.7 Å². The molecule has 1 heterocycles. The predicted octanol–water partition coefficient (Wildman–Crippen LogP) is 4.68. The van der Waals surface area contributed by atoms with Crippen LogP contribution < -0.4 is 0 Å². The van der Waals surface area contributed by atoms with Gasteiger partial charge in [-0.1, -0.05) is 36.9 Å². The lowest BCUT2D eigenvalue weighted by Crippen LogP contribution is -1.77. The summed E-state index contributed by atoms with van der Waals surface area (Å²) >= 11 is 6.07. The average molecular weight is 219 g/mol. The largest absolute Gasteiger partial charge is 0.455 e. The molecule has 0 spiro atoms. The van der Waals surface area contributed by atoms with Gasteiger partial charge < -0.3 is 4.42 Å². The molecule has 0 aliphatic rings. The first-order valence-electron chi connectivity index (χ1n) is 4.65. The first kappa shape index (κ1) is 10.1. The van der Waals surface area contributed by atoms with E-state index in [2.05, 4.69) is 13.2 Å². The van der Waals surface area contributed by atoms with Crippen LogP contribution in [0.5, 0.6) is 0 Å². The first-order chi connectivity index (χ1) is 7.19. The van der Waals surface area contributed by atoms with Gasteiger partial charge in [0.2, 0.25) is 0 Å². The number of hydrogen-bond acceptors (Lipinski definition) is 1. The van der Waals surface area contributed by atoms with Crippen molar-refractivity contribution in [3.63, 3.8) is 0 Å². The van der Waals surface area contributed by atoms with Crippen molar-refractivity contribution in [3.05, 3.63) is 47.2 Å². The van der Waals surface area contributed by atoms with Crippen molar-refractivity contribution in [3.8, 4) is 0 Å². The van der Waals surface area contributed by atoms with Gasteiger partial charge in [-0.25, -0.2) is 0 Å². The van der Waals surface area contributed by atoms with Crippen molar-refractivity contribution in [1.82, 2.24) is 0 Å². The molecular formula is C13H11ClO. The normalized spacial score (nSPS) is 10.5. The molecule has 2 heteroatoms. The van der Waals surface area contributed by atoms with E-state index < -0.39 is 0 Å². The molecule has 0 aliphatic carbocycles. The van der Waals surface area contributed by atoms with Gasteiger partial charge in [0.05, 0.1) is 5.02 Å². The molecule has 0 aliphatic heterocycles. The second-order valence-corrected chi connectivity index (χ2v) is 3.76. The van der Waals surface area contributed by atoms with E-state index >= 15 is 0 Å². The Kier molecular flexibility index (Phi) is 2.41. The zero-order valence-electron chi connectivity index (χ0n) is 8.51. The molecule has 0 saturated carbocycles. The van der Waals surface area contributed by atoms with Gasteiger partial charge in [0.15, 0.2) is 5.58 Å². The Hall–Kier alpha value is -1.47. The van der Waals surface area contributed by atoms with Crippen molar-refractivity contribution in [2.24, 2.45) is 0 Å². The third-order valence-corrected chi connectivity index (χ3v) is 2.75. The summed E-state index contributed by atoms with van der Waals surface area (Å²) in [5.41, 5.74) is 2.79. The molecule has 0 saturated heterocycles. The minimum atomic E-state index is 0.617. The van der Waals surface area contributed by atoms with Crippen LogP contribution in [0.4, 0.5) is 0 Å². The first-order valence-corrected chi connectivity index (χ1v) is 5.03. The SMILES string of the molecule is C=Cc1oc2c(Cl)ccc(C)c2c1C=C. The van der Waals surface area contributed by atoms with E-state index in [0.717, 1.165) is 22.3 Å². The van der Waals surface area contributed by atoms with E-state index in [9.17, 15) is 0 Å². The van der Waals surface area contributed by atoms with Gasteiger partial charge in [-0.2, -0.15) is 0 Å². The molecule has 1 aromatic carbocycles. The molecule has 0 radical (unpaired) electrons. The van der Waals surface area contributed by atoms with Gasteiger partial charge in [-0.15, -0.1) is 0 Å². The van der Waals surface area contributed by atoms with E-state index in [0.29, 0.717) is 10.6 Å². The second kappa shape index (κ2) is 3.59. The lowest BCUT2D eigenvalue weighted by molar-refractivity contribution is 0.603. The quantitative estimate of drug-likeness (QED) is 0.713. The van der Waals surface area contributed by atoms with Crippen LogP contribution >= 0.6 is 11.6 Å². The fourth-order valence-corrected chi connectivity index (χ4v) is 1.93. The van der Waals surface area contributed by atoms with Gasteiger partial charge in [0, 0.05) is 10.9 Å².